The zero-order valence-electron chi connectivity index (χ0n) is 9.68. The van der Waals surface area contributed by atoms with Crippen LogP contribution in [0.1, 0.15) is 33.1 Å². The fourth-order valence-corrected chi connectivity index (χ4v) is 2.26. The van der Waals surface area contributed by atoms with Crippen LogP contribution in [-0.2, 0) is 4.74 Å². The zero-order chi connectivity index (χ0) is 10.6. The molecule has 3 atom stereocenters. The number of hydrogen-bond acceptors (Lipinski definition) is 3. The summed E-state index contributed by atoms with van der Waals surface area (Å²) in [4.78, 5) is 0. The van der Waals surface area contributed by atoms with Crippen LogP contribution in [0, 0.1) is 5.92 Å². The van der Waals surface area contributed by atoms with Crippen LogP contribution in [0.2, 0.25) is 0 Å². The molecule has 14 heavy (non-hydrogen) atoms. The lowest BCUT2D eigenvalue weighted by Crippen LogP contribution is -2.51. The van der Waals surface area contributed by atoms with E-state index in [1.165, 1.54) is 19.3 Å². The van der Waals surface area contributed by atoms with Crippen molar-refractivity contribution in [3.63, 3.8) is 0 Å². The highest BCUT2D eigenvalue weighted by molar-refractivity contribution is 4.96. The van der Waals surface area contributed by atoms with E-state index in [1.807, 2.05) is 0 Å². The highest BCUT2D eigenvalue weighted by Gasteiger charge is 2.35. The molecule has 84 valence electrons. The van der Waals surface area contributed by atoms with Gasteiger partial charge in [0.15, 0.2) is 0 Å². The van der Waals surface area contributed by atoms with E-state index in [2.05, 4.69) is 19.2 Å². The van der Waals surface area contributed by atoms with Crippen molar-refractivity contribution in [3.8, 4) is 0 Å². The van der Waals surface area contributed by atoms with E-state index in [9.17, 15) is 0 Å². The van der Waals surface area contributed by atoms with Crippen LogP contribution in [-0.4, -0.2) is 31.8 Å². The fraction of sp³-hybridized carbons (Fsp3) is 1.00. The van der Waals surface area contributed by atoms with Crippen molar-refractivity contribution in [3.05, 3.63) is 0 Å². The summed E-state index contributed by atoms with van der Waals surface area (Å²) in [6.45, 7) is 6.03. The Hall–Kier alpha value is -0.120. The summed E-state index contributed by atoms with van der Waals surface area (Å²) in [6.07, 6.45) is 3.99. The van der Waals surface area contributed by atoms with Gasteiger partial charge in [-0.1, -0.05) is 6.92 Å². The number of rotatable bonds is 5. The van der Waals surface area contributed by atoms with Crippen LogP contribution in [0.4, 0.5) is 0 Å². The maximum atomic E-state index is 5.86. The molecule has 0 radical (unpaired) electrons. The molecule has 1 aliphatic rings. The van der Waals surface area contributed by atoms with Crippen LogP contribution in [0.3, 0.4) is 0 Å². The Morgan fingerprint density at radius 1 is 1.64 bits per heavy atom. The average molecular weight is 200 g/mol. The molecule has 3 N–H and O–H groups in total. The van der Waals surface area contributed by atoms with E-state index in [0.29, 0.717) is 0 Å². The van der Waals surface area contributed by atoms with Gasteiger partial charge in [0.05, 0.1) is 6.10 Å². The molecule has 1 saturated carbocycles. The summed E-state index contributed by atoms with van der Waals surface area (Å²) in [7, 11) is 1.75. The topological polar surface area (TPSA) is 47.3 Å². The molecule has 1 rings (SSSR count). The first-order valence-corrected chi connectivity index (χ1v) is 5.60. The third-order valence-electron chi connectivity index (χ3n) is 3.41. The molecular formula is C11H24N2O. The van der Waals surface area contributed by atoms with Gasteiger partial charge in [0.2, 0.25) is 0 Å². The van der Waals surface area contributed by atoms with Crippen molar-refractivity contribution in [2.24, 2.45) is 11.7 Å². The molecule has 0 spiro atoms. The quantitative estimate of drug-likeness (QED) is 0.699. The lowest BCUT2D eigenvalue weighted by Gasteiger charge is -2.30. The molecule has 1 aliphatic carbocycles. The Labute approximate surface area is 87.4 Å². The molecule has 0 bridgehead atoms. The molecule has 0 aliphatic heterocycles. The molecule has 3 heteroatoms. The van der Waals surface area contributed by atoms with Crippen molar-refractivity contribution >= 4 is 0 Å². The first-order valence-electron chi connectivity index (χ1n) is 5.60. The van der Waals surface area contributed by atoms with Crippen LogP contribution < -0.4 is 11.1 Å². The van der Waals surface area contributed by atoms with Crippen LogP contribution in [0.5, 0.6) is 0 Å². The highest BCUT2D eigenvalue weighted by atomic mass is 16.5. The van der Waals surface area contributed by atoms with Gasteiger partial charge in [0.1, 0.15) is 0 Å². The van der Waals surface area contributed by atoms with Gasteiger partial charge in [-0.25, -0.2) is 0 Å². The molecule has 0 aromatic rings. The van der Waals surface area contributed by atoms with E-state index in [-0.39, 0.29) is 11.6 Å². The normalized spacial score (nSPS) is 34.7. The zero-order valence-corrected chi connectivity index (χ0v) is 9.68. The standard InChI is InChI=1S/C11H24N2O/c1-9-4-5-11(6-9,8-12)13-7-10(2)14-3/h9-10,13H,4-8,12H2,1-3H3. The molecule has 0 aromatic heterocycles. The van der Waals surface area contributed by atoms with Gasteiger partial charge < -0.3 is 15.8 Å². The molecule has 0 saturated heterocycles. The van der Waals surface area contributed by atoms with Gasteiger partial charge in [0.25, 0.3) is 0 Å². The second kappa shape index (κ2) is 5.10. The van der Waals surface area contributed by atoms with Gasteiger partial charge in [-0.3, -0.25) is 0 Å². The lowest BCUT2D eigenvalue weighted by atomic mass is 9.96. The van der Waals surface area contributed by atoms with Crippen LogP contribution in [0.15, 0.2) is 0 Å². The van der Waals surface area contributed by atoms with Gasteiger partial charge >= 0.3 is 0 Å². The van der Waals surface area contributed by atoms with Gasteiger partial charge in [-0.2, -0.15) is 0 Å². The van der Waals surface area contributed by atoms with E-state index < -0.39 is 0 Å². The predicted molar refractivity (Wildman–Crippen MR) is 59.3 cm³/mol. The molecule has 0 aromatic carbocycles. The summed E-state index contributed by atoms with van der Waals surface area (Å²) in [5, 5.41) is 3.58. The third kappa shape index (κ3) is 2.94. The van der Waals surface area contributed by atoms with Gasteiger partial charge in [-0.05, 0) is 32.1 Å². The third-order valence-corrected chi connectivity index (χ3v) is 3.41. The summed E-state index contributed by atoms with van der Waals surface area (Å²) in [5.41, 5.74) is 6.04. The number of hydrogen-bond donors (Lipinski definition) is 2. The van der Waals surface area contributed by atoms with E-state index >= 15 is 0 Å². The predicted octanol–water partition coefficient (Wildman–Crippen LogP) is 1.13. The Morgan fingerprint density at radius 2 is 2.36 bits per heavy atom. The second-order valence-electron chi connectivity index (χ2n) is 4.76. The van der Waals surface area contributed by atoms with Crippen molar-refractivity contribution in [2.75, 3.05) is 20.2 Å². The molecule has 3 nitrogen and oxygen atoms in total. The van der Waals surface area contributed by atoms with Gasteiger partial charge in [0, 0.05) is 25.7 Å². The molecule has 3 unspecified atom stereocenters. The van der Waals surface area contributed by atoms with Crippen LogP contribution in [0.25, 0.3) is 0 Å². The monoisotopic (exact) mass is 200 g/mol. The number of methoxy groups -OCH3 is 1. The SMILES string of the molecule is COC(C)CNC1(CN)CCC(C)C1. The summed E-state index contributed by atoms with van der Waals surface area (Å²) in [5.74, 6) is 0.809. The maximum absolute atomic E-state index is 5.86. The summed E-state index contributed by atoms with van der Waals surface area (Å²) in [6, 6.07) is 0. The smallest absolute Gasteiger partial charge is 0.0667 e. The van der Waals surface area contributed by atoms with Gasteiger partial charge in [-0.15, -0.1) is 0 Å². The Kier molecular flexibility index (Phi) is 4.35. The molecule has 0 heterocycles. The number of ether oxygens (including phenoxy) is 1. The minimum atomic E-state index is 0.187. The Bertz CT molecular complexity index is 175. The Balaban J connectivity index is 2.38. The van der Waals surface area contributed by atoms with Crippen molar-refractivity contribution in [1.82, 2.24) is 5.32 Å². The fourth-order valence-electron chi connectivity index (χ4n) is 2.26. The van der Waals surface area contributed by atoms with Crippen molar-refractivity contribution < 1.29 is 4.74 Å². The number of nitrogens with one attached hydrogen (secondary N) is 1. The minimum Gasteiger partial charge on any atom is -0.380 e. The molecule has 1 fully saturated rings. The second-order valence-corrected chi connectivity index (χ2v) is 4.76. The largest absolute Gasteiger partial charge is 0.380 e. The van der Waals surface area contributed by atoms with E-state index in [4.69, 9.17) is 10.5 Å². The maximum Gasteiger partial charge on any atom is 0.0667 e. The minimum absolute atomic E-state index is 0.187. The first kappa shape index (κ1) is 12.0. The highest BCUT2D eigenvalue weighted by Crippen LogP contribution is 2.33. The van der Waals surface area contributed by atoms with Crippen molar-refractivity contribution in [2.45, 2.75) is 44.8 Å². The van der Waals surface area contributed by atoms with Crippen molar-refractivity contribution in [1.29, 1.82) is 0 Å². The van der Waals surface area contributed by atoms with E-state index in [1.54, 1.807) is 7.11 Å². The summed E-state index contributed by atoms with van der Waals surface area (Å²) >= 11 is 0. The Morgan fingerprint density at radius 3 is 2.79 bits per heavy atom. The average Bonchev–Trinajstić information content (AvgIpc) is 2.57. The first-order chi connectivity index (χ1) is 6.62. The van der Waals surface area contributed by atoms with Crippen LogP contribution >= 0.6 is 0 Å². The molecular weight excluding hydrogens is 176 g/mol. The lowest BCUT2D eigenvalue weighted by molar-refractivity contribution is 0.107. The van der Waals surface area contributed by atoms with E-state index in [0.717, 1.165) is 19.0 Å². The number of nitrogens with two attached hydrogens (primary N) is 1. The molecule has 0 amide bonds. The summed E-state index contributed by atoms with van der Waals surface area (Å²) < 4.78 is 5.22.